The Morgan fingerprint density at radius 3 is 2.47 bits per heavy atom. The molecule has 5 heteroatoms. The average Bonchev–Trinajstić information content (AvgIpc) is 2.29. The molecule has 0 bridgehead atoms. The maximum Gasteiger partial charge on any atom is 0.149 e. The summed E-state index contributed by atoms with van der Waals surface area (Å²) in [6.07, 6.45) is 0. The Labute approximate surface area is 119 Å². The highest BCUT2D eigenvalue weighted by Gasteiger charge is 2.10. The third-order valence-corrected chi connectivity index (χ3v) is 4.41. The summed E-state index contributed by atoms with van der Waals surface area (Å²) in [5.41, 5.74) is 1.17. The predicted molar refractivity (Wildman–Crippen MR) is 74.6 cm³/mol. The van der Waals surface area contributed by atoms with Gasteiger partial charge in [0.2, 0.25) is 0 Å². The van der Waals surface area contributed by atoms with Gasteiger partial charge in [-0.25, -0.2) is 4.98 Å². The van der Waals surface area contributed by atoms with Gasteiger partial charge in [-0.1, -0.05) is 64.8 Å². The Kier molecular flexibility index (Phi) is 4.21. The number of pyridine rings is 1. The molecule has 0 spiro atoms. The van der Waals surface area contributed by atoms with E-state index in [1.165, 1.54) is 17.3 Å². The Balaban J connectivity index is 2.37. The number of benzene rings is 1. The quantitative estimate of drug-likeness (QED) is 0.679. The predicted octanol–water partition coefficient (Wildman–Crippen LogP) is 5.50. The van der Waals surface area contributed by atoms with Crippen molar-refractivity contribution in [2.45, 2.75) is 16.8 Å². The Bertz CT molecular complexity index is 557. The van der Waals surface area contributed by atoms with Crippen LogP contribution in [0.15, 0.2) is 40.3 Å². The highest BCUT2D eigenvalue weighted by Crippen LogP contribution is 2.36. The van der Waals surface area contributed by atoms with Crippen molar-refractivity contribution >= 4 is 46.6 Å². The topological polar surface area (TPSA) is 12.9 Å². The van der Waals surface area contributed by atoms with Crippen LogP contribution in [-0.2, 0) is 0 Å². The molecule has 0 unspecified atom stereocenters. The summed E-state index contributed by atoms with van der Waals surface area (Å²) in [5.74, 6) is 0. The number of hydrogen-bond donors (Lipinski definition) is 0. The van der Waals surface area contributed by atoms with Crippen LogP contribution in [0, 0.1) is 6.92 Å². The molecule has 0 saturated heterocycles. The zero-order valence-corrected chi connectivity index (χ0v) is 12.0. The molecule has 0 N–H and O–H groups in total. The Hall–Kier alpha value is -0.410. The minimum atomic E-state index is 0.271. The van der Waals surface area contributed by atoms with Crippen LogP contribution in [0.25, 0.3) is 0 Å². The molecule has 88 valence electrons. The van der Waals surface area contributed by atoms with Gasteiger partial charge in [0, 0.05) is 4.90 Å². The first-order chi connectivity index (χ1) is 8.08. The first-order valence-electron chi connectivity index (χ1n) is 4.83. The van der Waals surface area contributed by atoms with Gasteiger partial charge < -0.3 is 0 Å². The van der Waals surface area contributed by atoms with E-state index >= 15 is 0 Å². The summed E-state index contributed by atoms with van der Waals surface area (Å²) in [5, 5.41) is 1.81. The lowest BCUT2D eigenvalue weighted by molar-refractivity contribution is 1.13. The largest absolute Gasteiger partial charge is 0.226 e. The van der Waals surface area contributed by atoms with Crippen molar-refractivity contribution in [3.63, 3.8) is 0 Å². The number of rotatable bonds is 2. The maximum absolute atomic E-state index is 6.08. The maximum atomic E-state index is 6.08. The Morgan fingerprint density at radius 2 is 1.76 bits per heavy atom. The van der Waals surface area contributed by atoms with Crippen molar-refractivity contribution in [2.24, 2.45) is 0 Å². The molecule has 0 aliphatic carbocycles. The summed E-state index contributed by atoms with van der Waals surface area (Å²) in [4.78, 5) is 5.27. The lowest BCUT2D eigenvalue weighted by Gasteiger charge is -2.07. The molecule has 0 saturated carbocycles. The third kappa shape index (κ3) is 3.08. The lowest BCUT2D eigenvalue weighted by atomic mass is 10.2. The van der Waals surface area contributed by atoms with Gasteiger partial charge in [0.1, 0.15) is 10.2 Å². The summed E-state index contributed by atoms with van der Waals surface area (Å²) < 4.78 is 0. The molecule has 2 rings (SSSR count). The molecule has 0 fully saturated rings. The van der Waals surface area contributed by atoms with Crippen LogP contribution in [-0.4, -0.2) is 4.98 Å². The van der Waals surface area contributed by atoms with Gasteiger partial charge in [-0.3, -0.25) is 0 Å². The normalized spacial score (nSPS) is 10.6. The number of halogens is 3. The molecule has 1 aromatic carbocycles. The highest BCUT2D eigenvalue weighted by molar-refractivity contribution is 7.99. The zero-order chi connectivity index (χ0) is 12.4. The fourth-order valence-corrected chi connectivity index (χ4v) is 2.82. The van der Waals surface area contributed by atoms with Gasteiger partial charge in [-0.15, -0.1) is 0 Å². The monoisotopic (exact) mass is 303 g/mol. The van der Waals surface area contributed by atoms with Crippen molar-refractivity contribution < 1.29 is 0 Å². The van der Waals surface area contributed by atoms with Crippen LogP contribution in [0.1, 0.15) is 5.56 Å². The number of nitrogens with zero attached hydrogens (tertiary/aromatic N) is 1. The van der Waals surface area contributed by atoms with Crippen LogP contribution < -0.4 is 0 Å². The zero-order valence-electron chi connectivity index (χ0n) is 8.88. The molecule has 0 atom stereocenters. The van der Waals surface area contributed by atoms with Crippen LogP contribution >= 0.6 is 46.6 Å². The van der Waals surface area contributed by atoms with E-state index in [2.05, 4.69) is 4.98 Å². The van der Waals surface area contributed by atoms with Gasteiger partial charge in [0.15, 0.2) is 0 Å². The standard InChI is InChI=1S/C12H8Cl3NS/c1-7-4-2-3-5-10(7)17-12-9(14)6-8(13)11(15)16-12/h2-6H,1H3. The molecule has 17 heavy (non-hydrogen) atoms. The SMILES string of the molecule is Cc1ccccc1Sc1nc(Cl)c(Cl)cc1Cl. The molecule has 0 amide bonds. The van der Waals surface area contributed by atoms with E-state index in [-0.39, 0.29) is 5.15 Å². The number of aromatic nitrogens is 1. The number of hydrogen-bond acceptors (Lipinski definition) is 2. The van der Waals surface area contributed by atoms with E-state index < -0.39 is 0 Å². The van der Waals surface area contributed by atoms with E-state index in [9.17, 15) is 0 Å². The first-order valence-corrected chi connectivity index (χ1v) is 6.78. The smallest absolute Gasteiger partial charge is 0.149 e. The van der Waals surface area contributed by atoms with Crippen molar-refractivity contribution in [3.8, 4) is 0 Å². The van der Waals surface area contributed by atoms with Crippen molar-refractivity contribution in [1.29, 1.82) is 0 Å². The van der Waals surface area contributed by atoms with Gasteiger partial charge >= 0.3 is 0 Å². The minimum Gasteiger partial charge on any atom is -0.226 e. The molecular formula is C12H8Cl3NS. The molecule has 2 aromatic rings. The van der Waals surface area contributed by atoms with E-state index in [0.717, 1.165) is 4.90 Å². The fourth-order valence-electron chi connectivity index (χ4n) is 1.28. The van der Waals surface area contributed by atoms with Crippen molar-refractivity contribution in [1.82, 2.24) is 4.98 Å². The average molecular weight is 305 g/mol. The van der Waals surface area contributed by atoms with E-state index in [1.807, 2.05) is 31.2 Å². The summed E-state index contributed by atoms with van der Waals surface area (Å²) in [6.45, 7) is 2.04. The Morgan fingerprint density at radius 1 is 1.06 bits per heavy atom. The molecule has 0 aliphatic rings. The molecule has 0 aliphatic heterocycles. The fraction of sp³-hybridized carbons (Fsp3) is 0.0833. The van der Waals surface area contributed by atoms with Crippen LogP contribution in [0.3, 0.4) is 0 Å². The molecule has 1 heterocycles. The van der Waals surface area contributed by atoms with E-state index in [0.29, 0.717) is 15.1 Å². The van der Waals surface area contributed by atoms with Gasteiger partial charge in [-0.2, -0.15) is 0 Å². The molecule has 1 aromatic heterocycles. The second kappa shape index (κ2) is 5.49. The third-order valence-electron chi connectivity index (χ3n) is 2.15. The minimum absolute atomic E-state index is 0.271. The second-order valence-corrected chi connectivity index (χ2v) is 5.62. The molecule has 1 nitrogen and oxygen atoms in total. The highest BCUT2D eigenvalue weighted by atomic mass is 35.5. The van der Waals surface area contributed by atoms with E-state index in [4.69, 9.17) is 34.8 Å². The summed E-state index contributed by atoms with van der Waals surface area (Å²) in [7, 11) is 0. The first kappa shape index (κ1) is 13.0. The molecule has 0 radical (unpaired) electrons. The van der Waals surface area contributed by atoms with Crippen LogP contribution in [0.2, 0.25) is 15.2 Å². The van der Waals surface area contributed by atoms with Gasteiger partial charge in [0.05, 0.1) is 10.0 Å². The van der Waals surface area contributed by atoms with Crippen molar-refractivity contribution in [2.75, 3.05) is 0 Å². The number of aryl methyl sites for hydroxylation is 1. The summed E-state index contributed by atoms with van der Waals surface area (Å²) in [6, 6.07) is 9.62. The lowest BCUT2D eigenvalue weighted by Crippen LogP contribution is -1.86. The van der Waals surface area contributed by atoms with Crippen molar-refractivity contribution in [3.05, 3.63) is 51.1 Å². The van der Waals surface area contributed by atoms with Gasteiger partial charge in [-0.05, 0) is 24.6 Å². The second-order valence-electron chi connectivity index (χ2n) is 3.42. The van der Waals surface area contributed by atoms with Crippen LogP contribution in [0.4, 0.5) is 0 Å². The summed E-state index contributed by atoms with van der Waals surface area (Å²) >= 11 is 19.3. The van der Waals surface area contributed by atoms with E-state index in [1.54, 1.807) is 6.07 Å². The molecular weight excluding hydrogens is 297 g/mol. The van der Waals surface area contributed by atoms with Gasteiger partial charge in [0.25, 0.3) is 0 Å². The van der Waals surface area contributed by atoms with Crippen LogP contribution in [0.5, 0.6) is 0 Å².